The third-order valence-electron chi connectivity index (χ3n) is 3.10. The smallest absolute Gasteiger partial charge is 0.236 e. The second kappa shape index (κ2) is 6.93. The van der Waals surface area contributed by atoms with Crippen LogP contribution >= 0.6 is 0 Å². The monoisotopic (exact) mass is 244 g/mol. The van der Waals surface area contributed by atoms with E-state index in [2.05, 4.69) is 10.6 Å². The molecule has 0 saturated carbocycles. The van der Waals surface area contributed by atoms with E-state index in [9.17, 15) is 9.90 Å². The van der Waals surface area contributed by atoms with E-state index in [4.69, 9.17) is 4.74 Å². The van der Waals surface area contributed by atoms with E-state index in [0.717, 1.165) is 6.42 Å². The van der Waals surface area contributed by atoms with Crippen molar-refractivity contribution in [2.24, 2.45) is 0 Å². The first-order valence-corrected chi connectivity index (χ1v) is 6.38. The maximum Gasteiger partial charge on any atom is 0.236 e. The molecule has 0 aliphatic carbocycles. The van der Waals surface area contributed by atoms with Gasteiger partial charge in [0.25, 0.3) is 0 Å². The molecule has 0 aromatic heterocycles. The van der Waals surface area contributed by atoms with Crippen LogP contribution in [0, 0.1) is 0 Å². The molecule has 5 nitrogen and oxygen atoms in total. The molecule has 0 aromatic rings. The minimum atomic E-state index is -0.725. The molecule has 1 aliphatic rings. The first-order chi connectivity index (χ1) is 8.07. The molecular weight excluding hydrogens is 220 g/mol. The number of amides is 1. The Balaban J connectivity index is 2.26. The number of nitrogens with one attached hydrogen (secondary N) is 2. The molecule has 100 valence electrons. The van der Waals surface area contributed by atoms with Crippen molar-refractivity contribution in [3.05, 3.63) is 0 Å². The number of aliphatic hydroxyl groups is 1. The van der Waals surface area contributed by atoms with Gasteiger partial charge in [0.1, 0.15) is 0 Å². The third kappa shape index (κ3) is 5.02. The second-order valence-electron chi connectivity index (χ2n) is 4.73. The van der Waals surface area contributed by atoms with E-state index in [1.807, 2.05) is 13.8 Å². The minimum Gasteiger partial charge on any atom is -0.388 e. The molecule has 1 rings (SSSR count). The molecule has 1 amide bonds. The summed E-state index contributed by atoms with van der Waals surface area (Å²) in [6.07, 6.45) is 2.19. The topological polar surface area (TPSA) is 70.6 Å². The molecule has 5 heteroatoms. The van der Waals surface area contributed by atoms with Crippen molar-refractivity contribution in [1.29, 1.82) is 0 Å². The van der Waals surface area contributed by atoms with E-state index in [-0.39, 0.29) is 11.9 Å². The Morgan fingerprint density at radius 1 is 1.47 bits per heavy atom. The molecule has 1 aliphatic heterocycles. The van der Waals surface area contributed by atoms with Gasteiger partial charge in [-0.25, -0.2) is 0 Å². The number of hydrogen-bond acceptors (Lipinski definition) is 4. The summed E-state index contributed by atoms with van der Waals surface area (Å²) in [5, 5.41) is 16.1. The fourth-order valence-electron chi connectivity index (χ4n) is 1.77. The van der Waals surface area contributed by atoms with Crippen LogP contribution in [0.3, 0.4) is 0 Å². The Bertz CT molecular complexity index is 240. The molecule has 1 atom stereocenters. The van der Waals surface area contributed by atoms with Gasteiger partial charge in [-0.1, -0.05) is 6.92 Å². The van der Waals surface area contributed by atoms with Gasteiger partial charge in [-0.2, -0.15) is 0 Å². The normalized spacial score (nSPS) is 20.9. The molecule has 1 fully saturated rings. The predicted octanol–water partition coefficient (Wildman–Crippen LogP) is 0.0322. The van der Waals surface area contributed by atoms with Gasteiger partial charge in [-0.05, 0) is 13.3 Å². The first-order valence-electron chi connectivity index (χ1n) is 6.38. The summed E-state index contributed by atoms with van der Waals surface area (Å²) < 4.78 is 5.21. The van der Waals surface area contributed by atoms with Gasteiger partial charge in [-0.15, -0.1) is 0 Å². The van der Waals surface area contributed by atoms with Crippen LogP contribution in [0.4, 0.5) is 0 Å². The summed E-state index contributed by atoms with van der Waals surface area (Å²) >= 11 is 0. The number of carbonyl (C=O) groups is 1. The van der Waals surface area contributed by atoms with Gasteiger partial charge in [0, 0.05) is 39.1 Å². The lowest BCUT2D eigenvalue weighted by Crippen LogP contribution is -2.51. The Kier molecular flexibility index (Phi) is 5.88. The number of rotatable bonds is 6. The molecule has 17 heavy (non-hydrogen) atoms. The second-order valence-corrected chi connectivity index (χ2v) is 4.73. The highest BCUT2D eigenvalue weighted by molar-refractivity contribution is 5.81. The zero-order chi connectivity index (χ0) is 12.7. The lowest BCUT2D eigenvalue weighted by atomic mass is 9.94. The minimum absolute atomic E-state index is 0.0116. The molecule has 1 saturated heterocycles. The molecule has 0 spiro atoms. The van der Waals surface area contributed by atoms with E-state index in [1.165, 1.54) is 0 Å². The van der Waals surface area contributed by atoms with Gasteiger partial charge < -0.3 is 20.5 Å². The van der Waals surface area contributed by atoms with Crippen molar-refractivity contribution >= 4 is 5.91 Å². The highest BCUT2D eigenvalue weighted by Gasteiger charge is 2.30. The maximum absolute atomic E-state index is 11.6. The average molecular weight is 244 g/mol. The predicted molar refractivity (Wildman–Crippen MR) is 65.8 cm³/mol. The van der Waals surface area contributed by atoms with Gasteiger partial charge >= 0.3 is 0 Å². The van der Waals surface area contributed by atoms with E-state index in [0.29, 0.717) is 39.1 Å². The third-order valence-corrected chi connectivity index (χ3v) is 3.10. The van der Waals surface area contributed by atoms with Crippen molar-refractivity contribution in [2.45, 2.75) is 44.8 Å². The van der Waals surface area contributed by atoms with Gasteiger partial charge in [0.05, 0.1) is 11.6 Å². The van der Waals surface area contributed by atoms with Crippen LogP contribution in [-0.2, 0) is 9.53 Å². The van der Waals surface area contributed by atoms with Crippen LogP contribution in [0.25, 0.3) is 0 Å². The Morgan fingerprint density at radius 2 is 2.12 bits per heavy atom. The standard InChI is InChI=1S/C12H24N2O3/c1-3-6-13-11(15)10(2)14-9-12(16)4-7-17-8-5-12/h10,14,16H,3-9H2,1-2H3,(H,13,15). The Labute approximate surface area is 103 Å². The molecule has 3 N–H and O–H groups in total. The fourth-order valence-corrected chi connectivity index (χ4v) is 1.77. The summed E-state index contributed by atoms with van der Waals surface area (Å²) in [6.45, 7) is 6.15. The SMILES string of the molecule is CCCNC(=O)C(C)NCC1(O)CCOCC1. The largest absolute Gasteiger partial charge is 0.388 e. The fraction of sp³-hybridized carbons (Fsp3) is 0.917. The Hall–Kier alpha value is -0.650. The van der Waals surface area contributed by atoms with Crippen molar-refractivity contribution in [3.63, 3.8) is 0 Å². The van der Waals surface area contributed by atoms with Crippen molar-refractivity contribution in [2.75, 3.05) is 26.3 Å². The van der Waals surface area contributed by atoms with E-state index in [1.54, 1.807) is 0 Å². The number of ether oxygens (including phenoxy) is 1. The Morgan fingerprint density at radius 3 is 2.71 bits per heavy atom. The first kappa shape index (κ1) is 14.4. The molecule has 0 radical (unpaired) electrons. The number of hydrogen-bond donors (Lipinski definition) is 3. The summed E-state index contributed by atoms with van der Waals surface area (Å²) in [5.41, 5.74) is -0.725. The van der Waals surface area contributed by atoms with Crippen molar-refractivity contribution in [1.82, 2.24) is 10.6 Å². The van der Waals surface area contributed by atoms with Crippen LogP contribution in [0.1, 0.15) is 33.1 Å². The maximum atomic E-state index is 11.6. The lowest BCUT2D eigenvalue weighted by molar-refractivity contribution is -0.123. The molecular formula is C12H24N2O3. The highest BCUT2D eigenvalue weighted by Crippen LogP contribution is 2.19. The summed E-state index contributed by atoms with van der Waals surface area (Å²) in [5.74, 6) is -0.0116. The molecule has 0 aromatic carbocycles. The van der Waals surface area contributed by atoms with Crippen LogP contribution in [0.15, 0.2) is 0 Å². The summed E-state index contributed by atoms with van der Waals surface area (Å²) in [7, 11) is 0. The summed E-state index contributed by atoms with van der Waals surface area (Å²) in [6, 6.07) is -0.270. The van der Waals surface area contributed by atoms with Crippen LogP contribution < -0.4 is 10.6 Å². The van der Waals surface area contributed by atoms with Crippen LogP contribution in [0.5, 0.6) is 0 Å². The van der Waals surface area contributed by atoms with E-state index < -0.39 is 5.60 Å². The summed E-state index contributed by atoms with van der Waals surface area (Å²) in [4.78, 5) is 11.6. The number of carbonyl (C=O) groups excluding carboxylic acids is 1. The average Bonchev–Trinajstić information content (AvgIpc) is 2.34. The van der Waals surface area contributed by atoms with Crippen molar-refractivity contribution in [3.8, 4) is 0 Å². The zero-order valence-corrected chi connectivity index (χ0v) is 10.8. The quantitative estimate of drug-likeness (QED) is 0.616. The zero-order valence-electron chi connectivity index (χ0n) is 10.8. The van der Waals surface area contributed by atoms with Crippen molar-refractivity contribution < 1.29 is 14.6 Å². The van der Waals surface area contributed by atoms with E-state index >= 15 is 0 Å². The highest BCUT2D eigenvalue weighted by atomic mass is 16.5. The lowest BCUT2D eigenvalue weighted by Gasteiger charge is -2.33. The molecule has 1 unspecified atom stereocenters. The van der Waals surface area contributed by atoms with Gasteiger partial charge in [0.2, 0.25) is 5.91 Å². The molecule has 0 bridgehead atoms. The molecule has 1 heterocycles. The van der Waals surface area contributed by atoms with Crippen LogP contribution in [-0.4, -0.2) is 49.0 Å². The van der Waals surface area contributed by atoms with Crippen LogP contribution in [0.2, 0.25) is 0 Å². The van der Waals surface area contributed by atoms with Gasteiger partial charge in [0.15, 0.2) is 0 Å². The van der Waals surface area contributed by atoms with Gasteiger partial charge in [-0.3, -0.25) is 4.79 Å².